The van der Waals surface area contributed by atoms with Gasteiger partial charge in [-0.15, -0.1) is 0 Å². The first kappa shape index (κ1) is 19.8. The summed E-state index contributed by atoms with van der Waals surface area (Å²) in [5.41, 5.74) is 3.43. The maximum absolute atomic E-state index is 2.49. The minimum absolute atomic E-state index is 0.219. The van der Waals surface area contributed by atoms with E-state index in [9.17, 15) is 0 Å². The second-order valence-corrected chi connectivity index (χ2v) is 8.19. The van der Waals surface area contributed by atoms with E-state index in [1.807, 2.05) is 0 Å². The van der Waals surface area contributed by atoms with Gasteiger partial charge in [0.2, 0.25) is 0 Å². The summed E-state index contributed by atoms with van der Waals surface area (Å²) >= 11 is 0. The SMILES string of the molecule is CCCCCCC(C)(CC(C)(CC)c1ccccc1)c1ccccc1. The summed E-state index contributed by atoms with van der Waals surface area (Å²) in [5.74, 6) is 0. The highest BCUT2D eigenvalue weighted by molar-refractivity contribution is 5.30. The lowest BCUT2D eigenvalue weighted by molar-refractivity contribution is 0.276. The Morgan fingerprint density at radius 3 is 1.64 bits per heavy atom. The van der Waals surface area contributed by atoms with Crippen molar-refractivity contribution < 1.29 is 0 Å². The molecule has 0 aliphatic rings. The summed E-state index contributed by atoms with van der Waals surface area (Å²) in [6.45, 7) is 9.58. The molecule has 136 valence electrons. The zero-order valence-electron chi connectivity index (χ0n) is 16.7. The van der Waals surface area contributed by atoms with Crippen LogP contribution in [0.4, 0.5) is 0 Å². The number of hydrogen-bond acceptors (Lipinski definition) is 0. The van der Waals surface area contributed by atoms with Gasteiger partial charge in [-0.2, -0.15) is 0 Å². The maximum atomic E-state index is 2.49. The Bertz CT molecular complexity index is 600. The molecular formula is C25H36. The van der Waals surface area contributed by atoms with Gasteiger partial charge in [0.05, 0.1) is 0 Å². The third kappa shape index (κ3) is 5.21. The highest BCUT2D eigenvalue weighted by Crippen LogP contribution is 2.44. The van der Waals surface area contributed by atoms with Crippen molar-refractivity contribution in [2.45, 2.75) is 83.5 Å². The number of benzene rings is 2. The molecule has 0 nitrogen and oxygen atoms in total. The predicted molar refractivity (Wildman–Crippen MR) is 111 cm³/mol. The summed E-state index contributed by atoms with van der Waals surface area (Å²) in [6, 6.07) is 22.3. The molecule has 2 aromatic rings. The molecule has 0 aliphatic heterocycles. The zero-order valence-corrected chi connectivity index (χ0v) is 16.7. The van der Waals surface area contributed by atoms with Crippen LogP contribution >= 0.6 is 0 Å². The Labute approximate surface area is 155 Å². The number of unbranched alkanes of at least 4 members (excludes halogenated alkanes) is 3. The average Bonchev–Trinajstić information content (AvgIpc) is 2.66. The van der Waals surface area contributed by atoms with Gasteiger partial charge in [-0.25, -0.2) is 0 Å². The Morgan fingerprint density at radius 1 is 0.640 bits per heavy atom. The molecule has 2 unspecified atom stereocenters. The van der Waals surface area contributed by atoms with E-state index in [2.05, 4.69) is 88.4 Å². The molecule has 0 aliphatic carbocycles. The normalized spacial score (nSPS) is 16.2. The zero-order chi connectivity index (χ0) is 18.2. The van der Waals surface area contributed by atoms with Crippen molar-refractivity contribution in [3.8, 4) is 0 Å². The Balaban J connectivity index is 2.28. The molecule has 2 rings (SSSR count). The summed E-state index contributed by atoms with van der Waals surface area (Å²) in [6.07, 6.45) is 9.00. The largest absolute Gasteiger partial charge is 0.0654 e. The number of rotatable bonds is 10. The van der Waals surface area contributed by atoms with Gasteiger partial charge in [-0.05, 0) is 41.2 Å². The van der Waals surface area contributed by atoms with Crippen molar-refractivity contribution in [3.05, 3.63) is 71.8 Å². The first-order valence-corrected chi connectivity index (χ1v) is 10.1. The lowest BCUT2D eigenvalue weighted by Crippen LogP contribution is -2.34. The summed E-state index contributed by atoms with van der Waals surface area (Å²) in [7, 11) is 0. The van der Waals surface area contributed by atoms with Gasteiger partial charge in [0.15, 0.2) is 0 Å². The fourth-order valence-corrected chi connectivity index (χ4v) is 4.25. The van der Waals surface area contributed by atoms with Gasteiger partial charge in [0.25, 0.3) is 0 Å². The van der Waals surface area contributed by atoms with Crippen LogP contribution in [0.25, 0.3) is 0 Å². The molecule has 0 amide bonds. The van der Waals surface area contributed by atoms with E-state index in [1.165, 1.54) is 56.1 Å². The van der Waals surface area contributed by atoms with Crippen LogP contribution in [0, 0.1) is 0 Å². The molecule has 25 heavy (non-hydrogen) atoms. The third-order valence-corrected chi connectivity index (χ3v) is 6.08. The molecule has 0 spiro atoms. The van der Waals surface area contributed by atoms with Crippen LogP contribution in [-0.4, -0.2) is 0 Å². The molecule has 0 bridgehead atoms. The highest BCUT2D eigenvalue weighted by atomic mass is 14.4. The van der Waals surface area contributed by atoms with Gasteiger partial charge < -0.3 is 0 Å². The molecule has 0 radical (unpaired) electrons. The lowest BCUT2D eigenvalue weighted by atomic mass is 9.64. The van der Waals surface area contributed by atoms with E-state index in [1.54, 1.807) is 0 Å². The molecular weight excluding hydrogens is 300 g/mol. The molecule has 0 aromatic heterocycles. The smallest absolute Gasteiger partial charge is 0.00669 e. The average molecular weight is 337 g/mol. The summed E-state index contributed by atoms with van der Waals surface area (Å²) < 4.78 is 0. The fraction of sp³-hybridized carbons (Fsp3) is 0.520. The van der Waals surface area contributed by atoms with Crippen molar-refractivity contribution in [1.29, 1.82) is 0 Å². The summed E-state index contributed by atoms with van der Waals surface area (Å²) in [4.78, 5) is 0. The molecule has 0 saturated carbocycles. The molecule has 2 atom stereocenters. The van der Waals surface area contributed by atoms with Gasteiger partial charge in [-0.1, -0.05) is 114 Å². The Hall–Kier alpha value is -1.56. The van der Waals surface area contributed by atoms with E-state index < -0.39 is 0 Å². The molecule has 2 aromatic carbocycles. The third-order valence-electron chi connectivity index (χ3n) is 6.08. The first-order valence-electron chi connectivity index (χ1n) is 10.1. The summed E-state index contributed by atoms with van der Waals surface area (Å²) in [5, 5.41) is 0. The van der Waals surface area contributed by atoms with E-state index >= 15 is 0 Å². The van der Waals surface area contributed by atoms with Crippen molar-refractivity contribution in [3.63, 3.8) is 0 Å². The minimum atomic E-state index is 0.219. The van der Waals surface area contributed by atoms with E-state index in [0.717, 1.165) is 0 Å². The molecule has 0 N–H and O–H groups in total. The van der Waals surface area contributed by atoms with Crippen LogP contribution in [-0.2, 0) is 10.8 Å². The second-order valence-electron chi connectivity index (χ2n) is 8.19. The Kier molecular flexibility index (Phi) is 7.29. The molecule has 0 fully saturated rings. The van der Waals surface area contributed by atoms with Crippen molar-refractivity contribution in [1.82, 2.24) is 0 Å². The second kappa shape index (κ2) is 9.22. The van der Waals surface area contributed by atoms with E-state index in [4.69, 9.17) is 0 Å². The van der Waals surface area contributed by atoms with Crippen molar-refractivity contribution in [2.24, 2.45) is 0 Å². The molecule has 0 heteroatoms. The quantitative estimate of drug-likeness (QED) is 0.390. The van der Waals surface area contributed by atoms with Crippen molar-refractivity contribution >= 4 is 0 Å². The van der Waals surface area contributed by atoms with Crippen molar-refractivity contribution in [2.75, 3.05) is 0 Å². The standard InChI is InChI=1S/C25H36/c1-5-7-8-15-20-25(4,23-18-13-10-14-19-23)21-24(3,6-2)22-16-11-9-12-17-22/h9-14,16-19H,5-8,15,20-21H2,1-4H3. The van der Waals surface area contributed by atoms with Gasteiger partial charge in [0, 0.05) is 0 Å². The predicted octanol–water partition coefficient (Wildman–Crippen LogP) is 7.67. The Morgan fingerprint density at radius 2 is 1.16 bits per heavy atom. The monoisotopic (exact) mass is 336 g/mol. The highest BCUT2D eigenvalue weighted by Gasteiger charge is 2.36. The fourth-order valence-electron chi connectivity index (χ4n) is 4.25. The van der Waals surface area contributed by atoms with Crippen LogP contribution in [0.15, 0.2) is 60.7 Å². The van der Waals surface area contributed by atoms with Crippen LogP contribution in [0.5, 0.6) is 0 Å². The van der Waals surface area contributed by atoms with Gasteiger partial charge in [0.1, 0.15) is 0 Å². The van der Waals surface area contributed by atoms with Crippen LogP contribution in [0.2, 0.25) is 0 Å². The van der Waals surface area contributed by atoms with E-state index in [-0.39, 0.29) is 10.8 Å². The maximum Gasteiger partial charge on any atom is -0.00669 e. The topological polar surface area (TPSA) is 0 Å². The van der Waals surface area contributed by atoms with E-state index in [0.29, 0.717) is 0 Å². The van der Waals surface area contributed by atoms with Gasteiger partial charge in [-0.3, -0.25) is 0 Å². The number of hydrogen-bond donors (Lipinski definition) is 0. The van der Waals surface area contributed by atoms with Crippen LogP contribution < -0.4 is 0 Å². The van der Waals surface area contributed by atoms with Crippen LogP contribution in [0.3, 0.4) is 0 Å². The first-order chi connectivity index (χ1) is 12.0. The van der Waals surface area contributed by atoms with Crippen LogP contribution in [0.1, 0.15) is 83.8 Å². The lowest BCUT2D eigenvalue weighted by Gasteiger charge is -2.40. The van der Waals surface area contributed by atoms with Gasteiger partial charge >= 0.3 is 0 Å². The molecule has 0 saturated heterocycles. The molecule has 0 heterocycles. The minimum Gasteiger partial charge on any atom is -0.0654 e.